The topological polar surface area (TPSA) is 58.2 Å². The molecule has 0 fully saturated rings. The molecule has 0 bridgehead atoms. The van der Waals surface area contributed by atoms with Crippen molar-refractivity contribution in [1.29, 1.82) is 0 Å². The Morgan fingerprint density at radius 2 is 2.25 bits per heavy atom. The van der Waals surface area contributed by atoms with Crippen LogP contribution in [0.25, 0.3) is 0 Å². The second kappa shape index (κ2) is 7.16. The van der Waals surface area contributed by atoms with Crippen LogP contribution in [0.2, 0.25) is 0 Å². The number of carbonyl (C=O) groups excluding carboxylic acids is 2. The summed E-state index contributed by atoms with van der Waals surface area (Å²) >= 11 is 11.2. The average Bonchev–Trinajstić information content (AvgIpc) is 2.69. The maximum atomic E-state index is 11.5. The summed E-state index contributed by atoms with van der Waals surface area (Å²) < 4.78 is 0.708. The van der Waals surface area contributed by atoms with E-state index < -0.39 is 0 Å². The van der Waals surface area contributed by atoms with Gasteiger partial charge in [-0.3, -0.25) is 20.4 Å². The average molecular weight is 344 g/mol. The smallest absolute Gasteiger partial charge is 0.272 e. The molecule has 4 nitrogen and oxygen atoms in total. The van der Waals surface area contributed by atoms with Crippen LogP contribution in [0.4, 0.5) is 0 Å². The van der Waals surface area contributed by atoms with Crippen molar-refractivity contribution >= 4 is 62.4 Å². The van der Waals surface area contributed by atoms with Crippen LogP contribution in [0.1, 0.15) is 9.67 Å². The zero-order chi connectivity index (χ0) is 12.0. The van der Waals surface area contributed by atoms with Gasteiger partial charge in [0.25, 0.3) is 5.91 Å². The molecular weight excluding hydrogens is 336 g/mol. The molecule has 0 unspecified atom stereocenters. The minimum atomic E-state index is -0.342. The van der Waals surface area contributed by atoms with Gasteiger partial charge in [0.2, 0.25) is 5.91 Å². The third kappa shape index (κ3) is 4.32. The van der Waals surface area contributed by atoms with Gasteiger partial charge in [-0.05, 0) is 27.4 Å². The number of nitrogens with one attached hydrogen (secondary N) is 2. The maximum absolute atomic E-state index is 11.5. The molecule has 0 radical (unpaired) electrons. The van der Waals surface area contributed by atoms with Gasteiger partial charge in [-0.2, -0.15) is 0 Å². The van der Waals surface area contributed by atoms with E-state index >= 15 is 0 Å². The fraction of sp³-hybridized carbons (Fsp3) is 0.250. The van der Waals surface area contributed by atoms with E-state index in [1.54, 1.807) is 11.4 Å². The zero-order valence-corrected chi connectivity index (χ0v) is 11.9. The highest BCUT2D eigenvalue weighted by Crippen LogP contribution is 2.21. The molecule has 8 heteroatoms. The Balaban J connectivity index is 2.36. The monoisotopic (exact) mass is 342 g/mol. The van der Waals surface area contributed by atoms with Crippen molar-refractivity contribution in [3.63, 3.8) is 0 Å². The summed E-state index contributed by atoms with van der Waals surface area (Å²) in [7, 11) is 0. The summed E-state index contributed by atoms with van der Waals surface area (Å²) in [5.74, 6) is -0.409. The Kier molecular flexibility index (Phi) is 6.18. The Morgan fingerprint density at radius 3 is 2.81 bits per heavy atom. The van der Waals surface area contributed by atoms with E-state index in [1.807, 2.05) is 0 Å². The highest BCUT2D eigenvalue weighted by atomic mass is 79.9. The van der Waals surface area contributed by atoms with Crippen molar-refractivity contribution < 1.29 is 9.59 Å². The minimum Gasteiger partial charge on any atom is -0.272 e. The molecule has 2 amide bonds. The van der Waals surface area contributed by atoms with Gasteiger partial charge in [0, 0.05) is 4.47 Å². The summed E-state index contributed by atoms with van der Waals surface area (Å²) in [5, 5.41) is 2.13. The SMILES string of the molecule is O=C(CSCCl)NNC(=O)c1sccc1Br. The van der Waals surface area contributed by atoms with E-state index in [0.717, 1.165) is 0 Å². The first-order valence-corrected chi connectivity index (χ1v) is 7.47. The van der Waals surface area contributed by atoms with Crippen LogP contribution >= 0.6 is 50.6 Å². The van der Waals surface area contributed by atoms with Gasteiger partial charge in [0.05, 0.1) is 11.0 Å². The summed E-state index contributed by atoms with van der Waals surface area (Å²) in [5.41, 5.74) is 4.62. The minimum absolute atomic E-state index is 0.218. The van der Waals surface area contributed by atoms with Crippen LogP contribution in [0.15, 0.2) is 15.9 Å². The summed E-state index contributed by atoms with van der Waals surface area (Å²) in [6.45, 7) is 0. The van der Waals surface area contributed by atoms with E-state index in [-0.39, 0.29) is 17.6 Å². The Morgan fingerprint density at radius 1 is 1.50 bits per heavy atom. The molecule has 1 heterocycles. The fourth-order valence-electron chi connectivity index (χ4n) is 0.806. The van der Waals surface area contributed by atoms with Gasteiger partial charge in [-0.25, -0.2) is 0 Å². The molecule has 88 valence electrons. The Hall–Kier alpha value is -0.240. The van der Waals surface area contributed by atoms with Crippen molar-refractivity contribution in [3.8, 4) is 0 Å². The lowest BCUT2D eigenvalue weighted by molar-refractivity contribution is -0.119. The number of thioether (sulfide) groups is 1. The largest absolute Gasteiger partial charge is 0.280 e. The van der Waals surface area contributed by atoms with Gasteiger partial charge < -0.3 is 0 Å². The van der Waals surface area contributed by atoms with Gasteiger partial charge in [-0.1, -0.05) is 0 Å². The number of carbonyl (C=O) groups is 2. The van der Waals surface area contributed by atoms with Crippen LogP contribution in [0.3, 0.4) is 0 Å². The molecule has 0 aliphatic heterocycles. The van der Waals surface area contributed by atoms with Crippen molar-refractivity contribution in [2.45, 2.75) is 0 Å². The number of thiophene rings is 1. The van der Waals surface area contributed by atoms with Crippen molar-refractivity contribution in [2.24, 2.45) is 0 Å². The van der Waals surface area contributed by atoms with Crippen LogP contribution in [0.5, 0.6) is 0 Å². The normalized spacial score (nSPS) is 9.88. The molecule has 1 rings (SSSR count). The molecular formula is C8H8BrClN2O2S2. The third-order valence-corrected chi connectivity index (χ3v) is 4.37. The van der Waals surface area contributed by atoms with Crippen LogP contribution in [-0.4, -0.2) is 22.8 Å². The predicted molar refractivity (Wildman–Crippen MR) is 70.8 cm³/mol. The molecule has 0 spiro atoms. The first-order chi connectivity index (χ1) is 7.65. The highest BCUT2D eigenvalue weighted by Gasteiger charge is 2.11. The lowest BCUT2D eigenvalue weighted by Gasteiger charge is -2.05. The first kappa shape index (κ1) is 13.8. The Bertz CT molecular complexity index is 386. The number of halogens is 2. The second-order valence-corrected chi connectivity index (χ2v) is 5.90. The van der Waals surface area contributed by atoms with Gasteiger partial charge in [0.1, 0.15) is 4.88 Å². The van der Waals surface area contributed by atoms with E-state index in [4.69, 9.17) is 11.6 Å². The molecule has 1 aromatic heterocycles. The number of hydrogen-bond acceptors (Lipinski definition) is 4. The summed E-state index contributed by atoms with van der Waals surface area (Å²) in [4.78, 5) is 23.2. The van der Waals surface area contributed by atoms with Gasteiger partial charge >= 0.3 is 0 Å². The van der Waals surface area contributed by atoms with E-state index in [0.29, 0.717) is 14.6 Å². The Labute approximate surface area is 114 Å². The van der Waals surface area contributed by atoms with Crippen molar-refractivity contribution in [1.82, 2.24) is 10.9 Å². The number of hydrazine groups is 1. The molecule has 0 aromatic carbocycles. The lowest BCUT2D eigenvalue weighted by atomic mass is 10.4. The fourth-order valence-corrected chi connectivity index (χ4v) is 2.82. The predicted octanol–water partition coefficient (Wildman–Crippen LogP) is 2.20. The molecule has 0 aliphatic carbocycles. The highest BCUT2D eigenvalue weighted by molar-refractivity contribution is 9.10. The molecule has 2 N–H and O–H groups in total. The van der Waals surface area contributed by atoms with E-state index in [2.05, 4.69) is 26.8 Å². The van der Waals surface area contributed by atoms with E-state index in [9.17, 15) is 9.59 Å². The number of alkyl halides is 1. The molecule has 0 atom stereocenters. The molecule has 0 saturated heterocycles. The second-order valence-electron chi connectivity index (χ2n) is 2.56. The van der Waals surface area contributed by atoms with E-state index in [1.165, 1.54) is 23.1 Å². The van der Waals surface area contributed by atoms with Crippen LogP contribution < -0.4 is 10.9 Å². The first-order valence-electron chi connectivity index (χ1n) is 4.11. The van der Waals surface area contributed by atoms with Gasteiger partial charge in [0.15, 0.2) is 0 Å². The van der Waals surface area contributed by atoms with Gasteiger partial charge in [-0.15, -0.1) is 34.7 Å². The standard InChI is InChI=1S/C8H8BrClN2O2S2/c9-5-1-2-16-7(5)8(14)12-11-6(13)3-15-4-10/h1-2H,3-4H2,(H,11,13)(H,12,14). The summed E-state index contributed by atoms with van der Waals surface area (Å²) in [6, 6.07) is 1.77. The number of rotatable bonds is 4. The van der Waals surface area contributed by atoms with Crippen LogP contribution in [0, 0.1) is 0 Å². The number of amides is 2. The quantitative estimate of drug-likeness (QED) is 0.651. The summed E-state index contributed by atoms with van der Waals surface area (Å²) in [6.07, 6.45) is 0. The molecule has 16 heavy (non-hydrogen) atoms. The van der Waals surface area contributed by atoms with Crippen LogP contribution in [-0.2, 0) is 4.79 Å². The lowest BCUT2D eigenvalue weighted by Crippen LogP contribution is -2.42. The zero-order valence-electron chi connectivity index (χ0n) is 7.96. The maximum Gasteiger partial charge on any atom is 0.280 e. The molecule has 0 aliphatic rings. The third-order valence-electron chi connectivity index (χ3n) is 1.45. The molecule has 1 aromatic rings. The number of hydrogen-bond donors (Lipinski definition) is 2. The molecule has 0 saturated carbocycles. The van der Waals surface area contributed by atoms with Crippen molar-refractivity contribution in [3.05, 3.63) is 20.8 Å². The van der Waals surface area contributed by atoms with Crippen molar-refractivity contribution in [2.75, 3.05) is 11.0 Å².